The lowest BCUT2D eigenvalue weighted by Gasteiger charge is -2.11. The fraction of sp³-hybridized carbons (Fsp3) is 0.429. The molecule has 62 heavy (non-hydrogen) atoms. The Bertz CT molecular complexity index is 2310. The number of thiophene rings is 2. The molecule has 0 amide bonds. The minimum absolute atomic E-state index is 0.989. The summed E-state index contributed by atoms with van der Waals surface area (Å²) in [7, 11) is 3.95. The number of aryl methyl sites for hydroxylation is 4. The van der Waals surface area contributed by atoms with Gasteiger partial charge in [-0.05, 0) is 154 Å². The maximum absolute atomic E-state index is 3.66. The van der Waals surface area contributed by atoms with Crippen molar-refractivity contribution in [2.75, 3.05) is 0 Å². The molecule has 0 saturated heterocycles. The fourth-order valence-electron chi connectivity index (χ4n) is 7.95. The van der Waals surface area contributed by atoms with Gasteiger partial charge >= 0.3 is 0 Å². The Morgan fingerprint density at radius 2 is 0.742 bits per heavy atom. The van der Waals surface area contributed by atoms with Gasteiger partial charge in [-0.1, -0.05) is 175 Å². The lowest BCUT2D eigenvalue weighted by atomic mass is 10.0. The molecule has 4 aromatic carbocycles. The van der Waals surface area contributed by atoms with E-state index in [4.69, 9.17) is 0 Å². The van der Waals surface area contributed by atoms with Gasteiger partial charge in [0.15, 0.2) is 0 Å². The van der Waals surface area contributed by atoms with Crippen LogP contribution in [0.25, 0.3) is 29.9 Å². The van der Waals surface area contributed by atoms with Gasteiger partial charge in [-0.15, -0.1) is 22.7 Å². The van der Waals surface area contributed by atoms with Gasteiger partial charge in [0, 0.05) is 50.0 Å². The van der Waals surface area contributed by atoms with Crippen LogP contribution in [0.3, 0.4) is 0 Å². The summed E-state index contributed by atoms with van der Waals surface area (Å²) in [6.07, 6.45) is 25.7. The Labute approximate surface area is 407 Å². The highest BCUT2D eigenvalue weighted by molar-refractivity contribution is 9.10. The zero-order valence-electron chi connectivity index (χ0n) is 37.5. The van der Waals surface area contributed by atoms with Crippen LogP contribution in [-0.4, -0.2) is 0 Å². The third-order valence-electron chi connectivity index (χ3n) is 11.6. The maximum atomic E-state index is 3.66. The molecule has 0 N–H and O–H groups in total. The summed E-state index contributed by atoms with van der Waals surface area (Å²) in [5.74, 6) is 12.3. The molecular formula is C56H64Br2S4. The number of fused-ring (bicyclic) bond motifs is 7. The van der Waals surface area contributed by atoms with Gasteiger partial charge in [-0.2, -0.15) is 0 Å². The van der Waals surface area contributed by atoms with Crippen LogP contribution in [0.4, 0.5) is 0 Å². The zero-order chi connectivity index (χ0) is 43.5. The van der Waals surface area contributed by atoms with Gasteiger partial charge in [0.05, 0.1) is 9.75 Å². The predicted molar refractivity (Wildman–Crippen MR) is 288 cm³/mol. The molecular weight excluding hydrogens is 961 g/mol. The second-order valence-corrected chi connectivity index (χ2v) is 22.7. The summed E-state index contributed by atoms with van der Waals surface area (Å²) in [6.45, 7) is 9.07. The van der Waals surface area contributed by atoms with Gasteiger partial charge in [0.25, 0.3) is 0 Å². The summed E-state index contributed by atoms with van der Waals surface area (Å²) in [5.41, 5.74) is 7.73. The largest absolute Gasteiger partial charge is 0.133 e. The molecule has 0 nitrogen and oxygen atoms in total. The van der Waals surface area contributed by atoms with E-state index < -0.39 is 0 Å². The molecule has 0 spiro atoms. The number of hydrogen-bond donors (Lipinski definition) is 0. The Hall–Kier alpha value is -2.42. The van der Waals surface area contributed by atoms with E-state index in [0.29, 0.717) is 0 Å². The monoisotopic (exact) mass is 1020 g/mol. The highest BCUT2D eigenvalue weighted by Crippen LogP contribution is 2.61. The van der Waals surface area contributed by atoms with Crippen molar-refractivity contribution < 1.29 is 0 Å². The molecule has 0 aliphatic carbocycles. The molecule has 6 aromatic rings. The van der Waals surface area contributed by atoms with E-state index >= 15 is 0 Å². The van der Waals surface area contributed by atoms with Crippen LogP contribution in [0.15, 0.2) is 91.5 Å². The van der Waals surface area contributed by atoms with Crippen molar-refractivity contribution in [3.8, 4) is 33.4 Å². The highest BCUT2D eigenvalue weighted by atomic mass is 79.9. The van der Waals surface area contributed by atoms with E-state index in [0.717, 1.165) is 32.9 Å². The Morgan fingerprint density at radius 3 is 1.08 bits per heavy atom. The number of benzene rings is 4. The minimum atomic E-state index is 0.989. The van der Waals surface area contributed by atoms with Crippen LogP contribution in [0.1, 0.15) is 164 Å². The van der Waals surface area contributed by atoms with Crippen molar-refractivity contribution in [1.29, 1.82) is 0 Å². The SMILES string of the molecule is CCCCCCc1ccc(C#CC#Cc2ccc(CCCCCC)cc2Br)c(Br)c1.CCCCCCc1ccc2c3c(sc2c1)-c1sc2cc(CCCCCC)ccc2c1SS3. The highest BCUT2D eigenvalue weighted by Gasteiger charge is 2.26. The first-order chi connectivity index (χ1) is 30.4. The van der Waals surface area contributed by atoms with Crippen LogP contribution >= 0.6 is 76.1 Å². The van der Waals surface area contributed by atoms with Crippen LogP contribution in [0.2, 0.25) is 0 Å². The summed E-state index contributed by atoms with van der Waals surface area (Å²) < 4.78 is 5.05. The van der Waals surface area contributed by atoms with Crippen molar-refractivity contribution in [2.45, 2.75) is 166 Å². The van der Waals surface area contributed by atoms with E-state index in [9.17, 15) is 0 Å². The van der Waals surface area contributed by atoms with E-state index in [-0.39, 0.29) is 0 Å². The number of hydrogen-bond acceptors (Lipinski definition) is 4. The molecule has 6 heteroatoms. The van der Waals surface area contributed by atoms with Crippen LogP contribution in [0.5, 0.6) is 0 Å². The molecule has 0 atom stereocenters. The number of unbranched alkanes of at least 4 members (excludes halogenated alkanes) is 12. The quantitative estimate of drug-likeness (QED) is 0.0425. The van der Waals surface area contributed by atoms with Gasteiger partial charge < -0.3 is 0 Å². The normalized spacial score (nSPS) is 11.6. The van der Waals surface area contributed by atoms with Crippen molar-refractivity contribution in [1.82, 2.24) is 0 Å². The molecule has 2 aromatic heterocycles. The van der Waals surface area contributed by atoms with Crippen molar-refractivity contribution in [2.24, 2.45) is 0 Å². The third-order valence-corrected chi connectivity index (χ3v) is 18.2. The Morgan fingerprint density at radius 1 is 0.403 bits per heavy atom. The number of halogens is 2. The molecule has 0 fully saturated rings. The topological polar surface area (TPSA) is 0 Å². The first-order valence-corrected chi connectivity index (χ1v) is 28.8. The molecule has 0 bridgehead atoms. The maximum Gasteiger partial charge on any atom is 0.0612 e. The van der Waals surface area contributed by atoms with Crippen molar-refractivity contribution in [3.63, 3.8) is 0 Å². The molecule has 0 saturated carbocycles. The van der Waals surface area contributed by atoms with Crippen LogP contribution in [-0.2, 0) is 25.7 Å². The first kappa shape index (κ1) is 49.0. The summed E-state index contributed by atoms with van der Waals surface area (Å²) in [5, 5.41) is 2.92. The smallest absolute Gasteiger partial charge is 0.0612 e. The van der Waals surface area contributed by atoms with E-state index in [1.54, 1.807) is 0 Å². The Kier molecular flexibility index (Phi) is 21.0. The van der Waals surface area contributed by atoms with Gasteiger partial charge in [-0.25, -0.2) is 0 Å². The standard InChI is InChI=1S/C28H32Br2.C28H32S4/c1-3-5-7-9-13-23-17-19-25(27(29)21-23)15-11-12-16-26-20-18-24(22-28(26)30)14-10-8-6-4-2;1-3-5-7-9-11-19-13-15-21-23(17-19)29-27-25(21)31-32-26-22-16-14-20(12-10-8-6-4-2)18-24(22)30-28(26)27/h17-22H,3-10,13-14H2,1-2H3;13-18H,3-12H2,1-2H3. The van der Waals surface area contributed by atoms with Crippen LogP contribution in [0, 0.1) is 23.7 Å². The van der Waals surface area contributed by atoms with Gasteiger partial charge in [0.1, 0.15) is 0 Å². The number of rotatable bonds is 20. The summed E-state index contributed by atoms with van der Waals surface area (Å²) in [6, 6.07) is 27.4. The third kappa shape index (κ3) is 14.3. The van der Waals surface area contributed by atoms with Crippen molar-refractivity contribution >= 4 is 96.3 Å². The van der Waals surface area contributed by atoms with Gasteiger partial charge in [-0.3, -0.25) is 0 Å². The predicted octanol–water partition coefficient (Wildman–Crippen LogP) is 20.0. The first-order valence-electron chi connectivity index (χ1n) is 23.5. The summed E-state index contributed by atoms with van der Waals surface area (Å²) >= 11 is 11.3. The molecule has 3 heterocycles. The lowest BCUT2D eigenvalue weighted by Crippen LogP contribution is -1.88. The molecule has 7 rings (SSSR count). The van der Waals surface area contributed by atoms with Crippen molar-refractivity contribution in [3.05, 3.63) is 115 Å². The lowest BCUT2D eigenvalue weighted by molar-refractivity contribution is 0.667. The molecule has 0 radical (unpaired) electrons. The van der Waals surface area contributed by atoms with E-state index in [1.807, 2.05) is 44.3 Å². The zero-order valence-corrected chi connectivity index (χ0v) is 43.9. The van der Waals surface area contributed by atoms with Crippen LogP contribution < -0.4 is 0 Å². The second kappa shape index (κ2) is 26.5. The summed E-state index contributed by atoms with van der Waals surface area (Å²) in [4.78, 5) is 6.00. The molecule has 1 aliphatic rings. The molecule has 1 aliphatic heterocycles. The molecule has 326 valence electrons. The molecule has 0 unspecified atom stereocenters. The average Bonchev–Trinajstić information content (AvgIpc) is 3.85. The van der Waals surface area contributed by atoms with E-state index in [2.05, 4.69) is 156 Å². The average molecular weight is 1030 g/mol. The second-order valence-electron chi connectivity index (χ2n) is 16.7. The minimum Gasteiger partial charge on any atom is -0.133 e. The fourth-order valence-corrected chi connectivity index (χ4v) is 15.1. The van der Waals surface area contributed by atoms with Gasteiger partial charge in [0.2, 0.25) is 0 Å². The Balaban J connectivity index is 0.000000208. The van der Waals surface area contributed by atoms with E-state index in [1.165, 1.54) is 178 Å².